The summed E-state index contributed by atoms with van der Waals surface area (Å²) in [5.74, 6) is -0.515. The van der Waals surface area contributed by atoms with Crippen molar-refractivity contribution in [2.24, 2.45) is 17.3 Å². The van der Waals surface area contributed by atoms with Crippen molar-refractivity contribution < 1.29 is 19.1 Å². The summed E-state index contributed by atoms with van der Waals surface area (Å²) in [5.41, 5.74) is -0.398. The Morgan fingerprint density at radius 1 is 1.11 bits per heavy atom. The summed E-state index contributed by atoms with van der Waals surface area (Å²) in [6, 6.07) is 0. The number of carbonyl (C=O) groups is 2. The Hall–Kier alpha value is -1.06. The van der Waals surface area contributed by atoms with Crippen molar-refractivity contribution in [3.8, 4) is 0 Å². The maximum absolute atomic E-state index is 11.5. The average molecular weight is 258 g/mol. The van der Waals surface area contributed by atoms with Crippen LogP contribution in [0.5, 0.6) is 0 Å². The highest BCUT2D eigenvalue weighted by atomic mass is 16.6. The van der Waals surface area contributed by atoms with Gasteiger partial charge >= 0.3 is 11.9 Å². The first-order valence-corrected chi connectivity index (χ1v) is 6.41. The number of hydrogen-bond acceptors (Lipinski definition) is 4. The standard InChI is InChI=1S/C14H26O4/c1-9(2)12(18-11(5)15)14(6,7)8-17-13(16)10(3)4/h9-10,12H,8H2,1-7H3. The van der Waals surface area contributed by atoms with Gasteiger partial charge in [0.15, 0.2) is 0 Å². The van der Waals surface area contributed by atoms with Gasteiger partial charge in [-0.05, 0) is 5.92 Å². The largest absolute Gasteiger partial charge is 0.465 e. The zero-order valence-electron chi connectivity index (χ0n) is 12.6. The molecule has 1 atom stereocenters. The van der Waals surface area contributed by atoms with Crippen LogP contribution in [0.15, 0.2) is 0 Å². The fourth-order valence-electron chi connectivity index (χ4n) is 1.88. The van der Waals surface area contributed by atoms with Crippen molar-refractivity contribution in [2.75, 3.05) is 6.61 Å². The van der Waals surface area contributed by atoms with Crippen LogP contribution in [0.3, 0.4) is 0 Å². The minimum absolute atomic E-state index is 0.146. The predicted molar refractivity (Wildman–Crippen MR) is 70.0 cm³/mol. The van der Waals surface area contributed by atoms with Gasteiger partial charge in [-0.2, -0.15) is 0 Å². The lowest BCUT2D eigenvalue weighted by Gasteiger charge is -2.35. The Balaban J connectivity index is 4.64. The lowest BCUT2D eigenvalue weighted by atomic mass is 9.81. The van der Waals surface area contributed by atoms with Crippen molar-refractivity contribution >= 4 is 11.9 Å². The summed E-state index contributed by atoms with van der Waals surface area (Å²) in [4.78, 5) is 22.6. The fraction of sp³-hybridized carbons (Fsp3) is 0.857. The number of rotatable bonds is 6. The summed E-state index contributed by atoms with van der Waals surface area (Å²) in [6.45, 7) is 13.1. The van der Waals surface area contributed by atoms with Gasteiger partial charge in [0.2, 0.25) is 0 Å². The second-order valence-electron chi connectivity index (χ2n) is 6.03. The molecule has 4 nitrogen and oxygen atoms in total. The quantitative estimate of drug-likeness (QED) is 0.687. The van der Waals surface area contributed by atoms with Gasteiger partial charge in [0.05, 0.1) is 12.5 Å². The van der Waals surface area contributed by atoms with E-state index in [1.165, 1.54) is 6.92 Å². The average Bonchev–Trinajstić information content (AvgIpc) is 2.21. The van der Waals surface area contributed by atoms with Gasteiger partial charge in [0.1, 0.15) is 6.10 Å². The molecule has 0 saturated carbocycles. The first-order valence-electron chi connectivity index (χ1n) is 6.41. The van der Waals surface area contributed by atoms with Gasteiger partial charge in [-0.1, -0.05) is 41.5 Å². The van der Waals surface area contributed by atoms with Crippen LogP contribution in [0.1, 0.15) is 48.5 Å². The fourth-order valence-corrected chi connectivity index (χ4v) is 1.88. The van der Waals surface area contributed by atoms with E-state index in [-0.39, 0.29) is 36.5 Å². The smallest absolute Gasteiger partial charge is 0.308 e. The molecule has 0 fully saturated rings. The van der Waals surface area contributed by atoms with E-state index in [4.69, 9.17) is 9.47 Å². The molecule has 0 radical (unpaired) electrons. The van der Waals surface area contributed by atoms with Crippen molar-refractivity contribution in [2.45, 2.75) is 54.6 Å². The Labute approximate surface area is 110 Å². The number of ether oxygens (including phenoxy) is 2. The molecule has 106 valence electrons. The maximum Gasteiger partial charge on any atom is 0.308 e. The van der Waals surface area contributed by atoms with E-state index in [0.29, 0.717) is 0 Å². The second kappa shape index (κ2) is 6.76. The number of esters is 2. The monoisotopic (exact) mass is 258 g/mol. The molecule has 0 amide bonds. The maximum atomic E-state index is 11.5. The molecule has 0 bridgehead atoms. The van der Waals surface area contributed by atoms with Crippen molar-refractivity contribution in [3.05, 3.63) is 0 Å². The highest BCUT2D eigenvalue weighted by Gasteiger charge is 2.36. The number of hydrogen-bond donors (Lipinski definition) is 0. The lowest BCUT2D eigenvalue weighted by molar-refractivity contribution is -0.164. The van der Waals surface area contributed by atoms with E-state index >= 15 is 0 Å². The van der Waals surface area contributed by atoms with E-state index in [0.717, 1.165) is 0 Å². The highest BCUT2D eigenvalue weighted by molar-refractivity contribution is 5.71. The zero-order chi connectivity index (χ0) is 14.5. The van der Waals surface area contributed by atoms with Crippen LogP contribution in [0.25, 0.3) is 0 Å². The van der Waals surface area contributed by atoms with E-state index in [1.54, 1.807) is 13.8 Å². The minimum atomic E-state index is -0.398. The Kier molecular flexibility index (Phi) is 6.36. The highest BCUT2D eigenvalue weighted by Crippen LogP contribution is 2.29. The summed E-state index contributed by atoms with van der Waals surface area (Å²) in [6.07, 6.45) is -0.269. The third-order valence-corrected chi connectivity index (χ3v) is 2.73. The SMILES string of the molecule is CC(=O)OC(C(C)C)C(C)(C)COC(=O)C(C)C. The number of carbonyl (C=O) groups excluding carboxylic acids is 2. The van der Waals surface area contributed by atoms with E-state index < -0.39 is 5.41 Å². The van der Waals surface area contributed by atoms with Gasteiger partial charge in [-0.25, -0.2) is 0 Å². The summed E-state index contributed by atoms with van der Waals surface area (Å²) in [7, 11) is 0. The summed E-state index contributed by atoms with van der Waals surface area (Å²) < 4.78 is 10.6. The molecule has 0 aromatic heterocycles. The van der Waals surface area contributed by atoms with Crippen molar-refractivity contribution in [1.29, 1.82) is 0 Å². The van der Waals surface area contributed by atoms with Crippen molar-refractivity contribution in [1.82, 2.24) is 0 Å². The topological polar surface area (TPSA) is 52.6 Å². The van der Waals surface area contributed by atoms with Gasteiger partial charge in [-0.15, -0.1) is 0 Å². The van der Waals surface area contributed by atoms with E-state index in [2.05, 4.69) is 0 Å². The minimum Gasteiger partial charge on any atom is -0.465 e. The van der Waals surface area contributed by atoms with Gasteiger partial charge in [0, 0.05) is 12.3 Å². The Morgan fingerprint density at radius 3 is 1.94 bits per heavy atom. The third-order valence-electron chi connectivity index (χ3n) is 2.73. The molecule has 1 unspecified atom stereocenters. The molecule has 0 saturated heterocycles. The van der Waals surface area contributed by atoms with Gasteiger partial charge < -0.3 is 9.47 Å². The molecular weight excluding hydrogens is 232 g/mol. The molecule has 0 N–H and O–H groups in total. The first-order chi connectivity index (χ1) is 8.08. The lowest BCUT2D eigenvalue weighted by Crippen LogP contribution is -2.41. The molecule has 0 aromatic rings. The molecule has 0 aliphatic carbocycles. The van der Waals surface area contributed by atoms with Gasteiger partial charge in [0.25, 0.3) is 0 Å². The van der Waals surface area contributed by atoms with Crippen LogP contribution in [0, 0.1) is 17.3 Å². The van der Waals surface area contributed by atoms with E-state index in [1.807, 2.05) is 27.7 Å². The molecule has 0 rings (SSSR count). The van der Waals surface area contributed by atoms with Crippen LogP contribution >= 0.6 is 0 Å². The molecule has 0 spiro atoms. The normalized spacial score (nSPS) is 13.6. The summed E-state index contributed by atoms with van der Waals surface area (Å²) >= 11 is 0. The molecular formula is C14H26O4. The van der Waals surface area contributed by atoms with Crippen molar-refractivity contribution in [3.63, 3.8) is 0 Å². The molecule has 0 aliphatic heterocycles. The molecule has 0 aromatic carbocycles. The van der Waals surface area contributed by atoms with Gasteiger partial charge in [-0.3, -0.25) is 9.59 Å². The van der Waals surface area contributed by atoms with Crippen LogP contribution in [0.2, 0.25) is 0 Å². The third kappa shape index (κ3) is 5.52. The Morgan fingerprint density at radius 2 is 1.61 bits per heavy atom. The van der Waals surface area contributed by atoms with Crippen LogP contribution in [0.4, 0.5) is 0 Å². The molecule has 4 heteroatoms. The molecule has 18 heavy (non-hydrogen) atoms. The molecule has 0 heterocycles. The summed E-state index contributed by atoms with van der Waals surface area (Å²) in [5, 5.41) is 0. The zero-order valence-corrected chi connectivity index (χ0v) is 12.6. The Bertz CT molecular complexity index is 292. The van der Waals surface area contributed by atoms with Crippen LogP contribution in [-0.4, -0.2) is 24.6 Å². The van der Waals surface area contributed by atoms with Crippen LogP contribution < -0.4 is 0 Å². The van der Waals surface area contributed by atoms with E-state index in [9.17, 15) is 9.59 Å². The predicted octanol–water partition coefficient (Wildman–Crippen LogP) is 2.80. The van der Waals surface area contributed by atoms with Crippen LogP contribution in [-0.2, 0) is 19.1 Å². The molecule has 0 aliphatic rings. The second-order valence-corrected chi connectivity index (χ2v) is 6.03. The first kappa shape index (κ1) is 16.9.